The maximum Gasteiger partial charge on any atom is 0.253 e. The highest BCUT2D eigenvalue weighted by molar-refractivity contribution is 5.98. The first-order valence-electron chi connectivity index (χ1n) is 9.82. The fourth-order valence-electron chi connectivity index (χ4n) is 3.61. The molecule has 148 valence electrons. The van der Waals surface area contributed by atoms with E-state index in [1.165, 1.54) is 0 Å². The Morgan fingerprint density at radius 1 is 1.14 bits per heavy atom. The van der Waals surface area contributed by atoms with E-state index in [0.717, 1.165) is 29.3 Å². The van der Waals surface area contributed by atoms with E-state index in [9.17, 15) is 9.59 Å². The second-order valence-corrected chi connectivity index (χ2v) is 7.93. The second kappa shape index (κ2) is 7.62. The van der Waals surface area contributed by atoms with Crippen molar-refractivity contribution in [2.24, 2.45) is 5.92 Å². The van der Waals surface area contributed by atoms with Crippen LogP contribution in [0.4, 0.5) is 0 Å². The van der Waals surface area contributed by atoms with Crippen LogP contribution >= 0.6 is 0 Å². The minimum Gasteiger partial charge on any atom is -0.350 e. The number of rotatable bonds is 6. The number of fused-ring (bicyclic) bond motifs is 1. The summed E-state index contributed by atoms with van der Waals surface area (Å²) in [6.45, 7) is 4.25. The molecule has 1 atom stereocenters. The van der Waals surface area contributed by atoms with Crippen LogP contribution in [-0.4, -0.2) is 33.9 Å². The van der Waals surface area contributed by atoms with Gasteiger partial charge in [0, 0.05) is 36.1 Å². The van der Waals surface area contributed by atoms with E-state index in [0.29, 0.717) is 23.6 Å². The van der Waals surface area contributed by atoms with Crippen molar-refractivity contribution < 1.29 is 9.59 Å². The van der Waals surface area contributed by atoms with E-state index < -0.39 is 5.54 Å². The molecule has 2 N–H and O–H groups in total. The molecular formula is C23H24N4O2. The molecule has 1 aliphatic carbocycles. The molecule has 1 aliphatic rings. The van der Waals surface area contributed by atoms with Crippen LogP contribution in [0, 0.1) is 12.8 Å². The van der Waals surface area contributed by atoms with Gasteiger partial charge in [-0.05, 0) is 62.4 Å². The molecule has 0 spiro atoms. The zero-order valence-electron chi connectivity index (χ0n) is 16.6. The first-order valence-corrected chi connectivity index (χ1v) is 9.82. The van der Waals surface area contributed by atoms with Crippen molar-refractivity contribution in [2.75, 3.05) is 6.54 Å². The molecule has 0 saturated heterocycles. The average molecular weight is 388 g/mol. The zero-order valence-corrected chi connectivity index (χ0v) is 16.6. The topological polar surface area (TPSA) is 84.0 Å². The molecule has 3 aromatic rings. The minimum absolute atomic E-state index is 0.158. The largest absolute Gasteiger partial charge is 0.350 e. The molecule has 6 heteroatoms. The van der Waals surface area contributed by atoms with Gasteiger partial charge in [0.05, 0.1) is 16.6 Å². The summed E-state index contributed by atoms with van der Waals surface area (Å²) in [6, 6.07) is 11.1. The molecule has 29 heavy (non-hydrogen) atoms. The molecule has 0 bridgehead atoms. The van der Waals surface area contributed by atoms with Crippen LogP contribution < -0.4 is 10.6 Å². The highest BCUT2D eigenvalue weighted by atomic mass is 16.2. The number of carbonyl (C=O) groups excluding carboxylic acids is 2. The summed E-state index contributed by atoms with van der Waals surface area (Å²) >= 11 is 0. The summed E-state index contributed by atoms with van der Waals surface area (Å²) in [5, 5.41) is 7.13. The van der Waals surface area contributed by atoms with Crippen molar-refractivity contribution >= 4 is 22.7 Å². The number of aromatic nitrogens is 2. The number of benzene rings is 1. The van der Waals surface area contributed by atoms with Crippen LogP contribution in [0.5, 0.6) is 0 Å². The summed E-state index contributed by atoms with van der Waals surface area (Å²) in [4.78, 5) is 33.9. The number of hydrogen-bond acceptors (Lipinski definition) is 4. The van der Waals surface area contributed by atoms with Gasteiger partial charge in [-0.1, -0.05) is 12.1 Å². The van der Waals surface area contributed by atoms with Gasteiger partial charge in [0.2, 0.25) is 0 Å². The first kappa shape index (κ1) is 19.1. The third kappa shape index (κ3) is 4.11. The van der Waals surface area contributed by atoms with Gasteiger partial charge >= 0.3 is 0 Å². The van der Waals surface area contributed by atoms with E-state index in [1.807, 2.05) is 38.1 Å². The summed E-state index contributed by atoms with van der Waals surface area (Å²) < 4.78 is 0. The maximum atomic E-state index is 12.8. The van der Waals surface area contributed by atoms with E-state index in [-0.39, 0.29) is 11.8 Å². The number of amides is 2. The number of aryl methyl sites for hydroxylation is 1. The Labute approximate surface area is 169 Å². The second-order valence-electron chi connectivity index (χ2n) is 7.93. The Bertz CT molecular complexity index is 1080. The van der Waals surface area contributed by atoms with E-state index >= 15 is 0 Å². The monoisotopic (exact) mass is 388 g/mol. The molecule has 2 amide bonds. The summed E-state index contributed by atoms with van der Waals surface area (Å²) in [5.41, 5.74) is 2.27. The van der Waals surface area contributed by atoms with Gasteiger partial charge in [0.15, 0.2) is 0 Å². The summed E-state index contributed by atoms with van der Waals surface area (Å²) in [6.07, 6.45) is 7.05. The normalized spacial score (nSPS) is 15.5. The third-order valence-corrected chi connectivity index (χ3v) is 5.65. The van der Waals surface area contributed by atoms with Crippen molar-refractivity contribution in [3.8, 4) is 0 Å². The quantitative estimate of drug-likeness (QED) is 0.679. The summed E-state index contributed by atoms with van der Waals surface area (Å²) in [7, 11) is 0. The lowest BCUT2D eigenvalue weighted by atomic mass is 9.94. The highest BCUT2D eigenvalue weighted by Crippen LogP contribution is 2.39. The number of carbonyl (C=O) groups is 2. The highest BCUT2D eigenvalue weighted by Gasteiger charge is 2.43. The lowest BCUT2D eigenvalue weighted by Crippen LogP contribution is -2.55. The molecule has 2 heterocycles. The maximum absolute atomic E-state index is 12.8. The van der Waals surface area contributed by atoms with Gasteiger partial charge in [0.1, 0.15) is 0 Å². The summed E-state index contributed by atoms with van der Waals surface area (Å²) in [5.74, 6) is 0.0207. The molecule has 2 aromatic heterocycles. The fraction of sp³-hybridized carbons (Fsp3) is 0.304. The van der Waals surface area contributed by atoms with Crippen LogP contribution in [0.1, 0.15) is 46.0 Å². The SMILES string of the molecule is Cc1ccncc1C(=O)NC(C)(CNC(=O)c1ccc2cccnc2c1)C1CC1. The van der Waals surface area contributed by atoms with Crippen molar-refractivity contribution in [3.05, 3.63) is 71.7 Å². The number of hydrogen-bond donors (Lipinski definition) is 2. The van der Waals surface area contributed by atoms with Crippen LogP contribution in [0.25, 0.3) is 10.9 Å². The van der Waals surface area contributed by atoms with Crippen molar-refractivity contribution in [2.45, 2.75) is 32.2 Å². The number of nitrogens with zero attached hydrogens (tertiary/aromatic N) is 2. The Kier molecular flexibility index (Phi) is 5.01. The molecule has 0 radical (unpaired) electrons. The molecule has 1 unspecified atom stereocenters. The van der Waals surface area contributed by atoms with Crippen molar-refractivity contribution in [1.82, 2.24) is 20.6 Å². The van der Waals surface area contributed by atoms with Gasteiger partial charge in [-0.15, -0.1) is 0 Å². The van der Waals surface area contributed by atoms with Crippen LogP contribution in [-0.2, 0) is 0 Å². The zero-order chi connectivity index (χ0) is 20.4. The molecule has 1 saturated carbocycles. The standard InChI is InChI=1S/C23H24N4O2/c1-15-9-11-24-13-19(15)22(29)27-23(2,18-7-8-18)14-26-21(28)17-6-5-16-4-3-10-25-20(16)12-17/h3-6,9-13,18H,7-8,14H2,1-2H3,(H,26,28)(H,27,29). The number of pyridine rings is 2. The van der Waals surface area contributed by atoms with E-state index in [4.69, 9.17) is 0 Å². The van der Waals surface area contributed by atoms with Crippen LogP contribution in [0.3, 0.4) is 0 Å². The predicted octanol–water partition coefficient (Wildman–Crippen LogP) is 3.27. The van der Waals surface area contributed by atoms with Gasteiger partial charge in [-0.3, -0.25) is 19.6 Å². The van der Waals surface area contributed by atoms with E-state index in [1.54, 1.807) is 30.7 Å². The van der Waals surface area contributed by atoms with Crippen LogP contribution in [0.2, 0.25) is 0 Å². The van der Waals surface area contributed by atoms with Gasteiger partial charge in [-0.25, -0.2) is 0 Å². The first-order chi connectivity index (χ1) is 14.0. The fourth-order valence-corrected chi connectivity index (χ4v) is 3.61. The Balaban J connectivity index is 1.47. The van der Waals surface area contributed by atoms with Crippen molar-refractivity contribution in [1.29, 1.82) is 0 Å². The number of nitrogens with one attached hydrogen (secondary N) is 2. The molecular weight excluding hydrogens is 364 g/mol. The Morgan fingerprint density at radius 3 is 2.72 bits per heavy atom. The minimum atomic E-state index is -0.510. The molecule has 1 aromatic carbocycles. The average Bonchev–Trinajstić information content (AvgIpc) is 3.58. The Morgan fingerprint density at radius 2 is 1.97 bits per heavy atom. The van der Waals surface area contributed by atoms with Crippen molar-refractivity contribution in [3.63, 3.8) is 0 Å². The lowest BCUT2D eigenvalue weighted by Gasteiger charge is -2.31. The molecule has 0 aliphatic heterocycles. The Hall–Kier alpha value is -3.28. The molecule has 4 rings (SSSR count). The molecule has 1 fully saturated rings. The van der Waals surface area contributed by atoms with Gasteiger partial charge in [-0.2, -0.15) is 0 Å². The van der Waals surface area contributed by atoms with E-state index in [2.05, 4.69) is 20.6 Å². The van der Waals surface area contributed by atoms with Crippen LogP contribution in [0.15, 0.2) is 55.0 Å². The van der Waals surface area contributed by atoms with Gasteiger partial charge < -0.3 is 10.6 Å². The lowest BCUT2D eigenvalue weighted by molar-refractivity contribution is 0.0860. The van der Waals surface area contributed by atoms with Gasteiger partial charge in [0.25, 0.3) is 11.8 Å². The molecule has 6 nitrogen and oxygen atoms in total. The predicted molar refractivity (Wildman–Crippen MR) is 112 cm³/mol. The smallest absolute Gasteiger partial charge is 0.253 e. The third-order valence-electron chi connectivity index (χ3n) is 5.65.